The summed E-state index contributed by atoms with van der Waals surface area (Å²) in [6, 6.07) is 31.8. The maximum atomic E-state index is 13.3. The van der Waals surface area contributed by atoms with Crippen molar-refractivity contribution in [2.45, 2.75) is 70.1 Å². The Morgan fingerprint density at radius 2 is 1.62 bits per heavy atom. The second kappa shape index (κ2) is 15.5. The zero-order chi connectivity index (χ0) is 33.4. The van der Waals surface area contributed by atoms with Crippen molar-refractivity contribution in [1.29, 1.82) is 0 Å². The minimum Gasteiger partial charge on any atom is -0.469 e. The number of aliphatic hydroxyl groups excluding tert-OH is 1. The molecule has 7 heteroatoms. The number of methoxy groups -OCH3 is 1. The summed E-state index contributed by atoms with van der Waals surface area (Å²) >= 11 is 1.72. The third-order valence-electron chi connectivity index (χ3n) is 9.23. The second-order valence-corrected chi connectivity index (χ2v) is 18.7. The molecule has 1 saturated carbocycles. The van der Waals surface area contributed by atoms with E-state index in [2.05, 4.69) is 106 Å². The largest absolute Gasteiger partial charge is 0.469 e. The van der Waals surface area contributed by atoms with Crippen molar-refractivity contribution in [2.24, 2.45) is 11.8 Å². The van der Waals surface area contributed by atoms with Crippen molar-refractivity contribution in [2.75, 3.05) is 7.11 Å². The number of ether oxygens (including phenoxy) is 1. The van der Waals surface area contributed by atoms with Gasteiger partial charge in [0.05, 0.1) is 19.3 Å². The number of ketones is 1. The number of allylic oxidation sites excluding steroid dienone is 3. The normalized spacial score (nSPS) is 19.6. The van der Waals surface area contributed by atoms with Gasteiger partial charge in [0.1, 0.15) is 5.78 Å². The molecule has 0 amide bonds. The highest BCUT2D eigenvalue weighted by Gasteiger charge is 2.51. The molecule has 1 N–H and O–H groups in total. The highest BCUT2D eigenvalue weighted by atomic mass is 32.1. The monoisotopic (exact) mass is 666 g/mol. The van der Waals surface area contributed by atoms with Crippen LogP contribution in [0.3, 0.4) is 0 Å². The number of hydrogen-bond acceptors (Lipinski definition) is 6. The molecule has 5 nitrogen and oxygen atoms in total. The third-order valence-corrected chi connectivity index (χ3v) is 15.4. The summed E-state index contributed by atoms with van der Waals surface area (Å²) in [6.45, 7) is 6.82. The number of carbonyl (C=O) groups excluding carboxylic acids is 2. The average Bonchev–Trinajstić information content (AvgIpc) is 3.62. The summed E-state index contributed by atoms with van der Waals surface area (Å²) < 4.78 is 13.6. The van der Waals surface area contributed by atoms with E-state index in [1.807, 2.05) is 30.4 Å². The Hall–Kier alpha value is -3.62. The van der Waals surface area contributed by atoms with Crippen LogP contribution in [0.1, 0.15) is 63.9 Å². The number of thiophene rings is 1. The molecular weight excluding hydrogens is 621 g/mol. The van der Waals surface area contributed by atoms with Gasteiger partial charge < -0.3 is 14.3 Å². The van der Waals surface area contributed by atoms with Crippen LogP contribution in [0, 0.1) is 11.8 Å². The van der Waals surface area contributed by atoms with Gasteiger partial charge in [-0.25, -0.2) is 0 Å². The lowest BCUT2D eigenvalue weighted by Gasteiger charge is -2.44. The molecule has 0 unspecified atom stereocenters. The van der Waals surface area contributed by atoms with E-state index in [0.29, 0.717) is 19.3 Å². The van der Waals surface area contributed by atoms with Gasteiger partial charge in [-0.3, -0.25) is 9.59 Å². The number of benzene rings is 3. The summed E-state index contributed by atoms with van der Waals surface area (Å²) in [7, 11) is -1.54. The second-order valence-electron chi connectivity index (χ2n) is 13.4. The van der Waals surface area contributed by atoms with E-state index in [-0.39, 0.29) is 29.1 Å². The quantitative estimate of drug-likeness (QED) is 0.0679. The number of fused-ring (bicyclic) bond motifs is 1. The molecule has 0 aliphatic heterocycles. The third kappa shape index (κ3) is 7.92. The lowest BCUT2D eigenvalue weighted by molar-refractivity contribution is -0.140. The predicted octanol–water partition coefficient (Wildman–Crippen LogP) is 7.93. The van der Waals surface area contributed by atoms with Crippen LogP contribution in [0.5, 0.6) is 0 Å². The van der Waals surface area contributed by atoms with Crippen LogP contribution in [0.4, 0.5) is 0 Å². The molecule has 1 aliphatic carbocycles. The van der Waals surface area contributed by atoms with Crippen molar-refractivity contribution in [3.63, 3.8) is 0 Å². The Labute approximate surface area is 284 Å². The van der Waals surface area contributed by atoms with Gasteiger partial charge in [0.25, 0.3) is 8.32 Å². The summed E-state index contributed by atoms with van der Waals surface area (Å²) in [5, 5.41) is 14.3. The maximum Gasteiger partial charge on any atom is 0.305 e. The van der Waals surface area contributed by atoms with Crippen LogP contribution in [0.2, 0.25) is 5.04 Å². The Morgan fingerprint density at radius 3 is 2.23 bits per heavy atom. The summed E-state index contributed by atoms with van der Waals surface area (Å²) in [4.78, 5) is 25.8. The fourth-order valence-corrected chi connectivity index (χ4v) is 12.6. The highest BCUT2D eigenvalue weighted by molar-refractivity contribution is 7.19. The average molecular weight is 667 g/mol. The molecular formula is C40H46O5SSi. The van der Waals surface area contributed by atoms with Crippen molar-refractivity contribution < 1.29 is 23.9 Å². The van der Waals surface area contributed by atoms with Gasteiger partial charge in [-0.2, -0.15) is 0 Å². The SMILES string of the molecule is COC(=O)CCC/C=C\C[C@H]1[C@@H](O)CC(=O)[C@@H]1/C=C/[C@@H](O[Si](c1ccccc1)(c1ccccc1)C(C)(C)C)c1cc2ccccc2s1. The molecule has 1 fully saturated rings. The molecule has 0 spiro atoms. The first kappa shape index (κ1) is 34.7. The fourth-order valence-electron chi connectivity index (χ4n) is 6.80. The number of hydrogen-bond donors (Lipinski definition) is 1. The van der Waals surface area contributed by atoms with Gasteiger partial charge in [-0.1, -0.05) is 124 Å². The zero-order valence-electron chi connectivity index (χ0n) is 27.8. The molecule has 0 radical (unpaired) electrons. The van der Waals surface area contributed by atoms with Crippen molar-refractivity contribution in [1.82, 2.24) is 0 Å². The molecule has 1 aromatic heterocycles. The summed E-state index contributed by atoms with van der Waals surface area (Å²) in [5.74, 6) is -0.789. The first-order chi connectivity index (χ1) is 22.6. The number of rotatable bonds is 13. The zero-order valence-corrected chi connectivity index (χ0v) is 29.6. The molecule has 1 heterocycles. The van der Waals surface area contributed by atoms with Gasteiger partial charge in [-0.05, 0) is 52.2 Å². The van der Waals surface area contributed by atoms with Crippen LogP contribution in [0.25, 0.3) is 10.1 Å². The molecule has 3 aromatic carbocycles. The minimum atomic E-state index is -2.94. The van der Waals surface area contributed by atoms with Gasteiger partial charge >= 0.3 is 5.97 Å². The predicted molar refractivity (Wildman–Crippen MR) is 195 cm³/mol. The van der Waals surface area contributed by atoms with E-state index in [4.69, 9.17) is 9.16 Å². The topological polar surface area (TPSA) is 72.8 Å². The van der Waals surface area contributed by atoms with Gasteiger partial charge in [-0.15, -0.1) is 11.3 Å². The van der Waals surface area contributed by atoms with Gasteiger partial charge in [0.15, 0.2) is 0 Å². The van der Waals surface area contributed by atoms with Crippen molar-refractivity contribution in [3.05, 3.63) is 120 Å². The molecule has 0 bridgehead atoms. The lowest BCUT2D eigenvalue weighted by atomic mass is 9.90. The van der Waals surface area contributed by atoms with Crippen molar-refractivity contribution in [3.8, 4) is 0 Å². The lowest BCUT2D eigenvalue weighted by Crippen LogP contribution is -2.66. The molecule has 5 rings (SSSR count). The first-order valence-corrected chi connectivity index (χ1v) is 19.2. The Bertz CT molecular complexity index is 1620. The molecule has 4 atom stereocenters. The first-order valence-electron chi connectivity index (χ1n) is 16.5. The molecule has 47 heavy (non-hydrogen) atoms. The van der Waals surface area contributed by atoms with Crippen LogP contribution < -0.4 is 10.4 Å². The number of aliphatic hydroxyl groups is 1. The number of carbonyl (C=O) groups is 2. The molecule has 4 aromatic rings. The van der Waals surface area contributed by atoms with Crippen molar-refractivity contribution >= 4 is 51.9 Å². The maximum absolute atomic E-state index is 13.3. The van der Waals surface area contributed by atoms with Crippen LogP contribution in [0.15, 0.2) is 115 Å². The van der Waals surface area contributed by atoms with E-state index < -0.39 is 26.4 Å². The van der Waals surface area contributed by atoms with E-state index in [0.717, 1.165) is 11.3 Å². The highest BCUT2D eigenvalue weighted by Crippen LogP contribution is 2.43. The smallest absolute Gasteiger partial charge is 0.305 e. The Kier molecular flexibility index (Phi) is 11.5. The van der Waals surface area contributed by atoms with Crippen LogP contribution in [-0.2, 0) is 18.8 Å². The van der Waals surface area contributed by atoms with E-state index in [1.165, 1.54) is 27.6 Å². The Morgan fingerprint density at radius 1 is 0.979 bits per heavy atom. The summed E-state index contributed by atoms with van der Waals surface area (Å²) in [6.07, 6.45) is 9.61. The number of esters is 1. The summed E-state index contributed by atoms with van der Waals surface area (Å²) in [5.41, 5.74) is 0. The molecule has 246 valence electrons. The van der Waals surface area contributed by atoms with E-state index in [9.17, 15) is 14.7 Å². The van der Waals surface area contributed by atoms with E-state index in [1.54, 1.807) is 11.3 Å². The Balaban J connectivity index is 1.52. The fraction of sp³-hybridized carbons (Fsp3) is 0.350. The standard InChI is InChI=1S/C40H46O5SSi/c1-40(2,3)47(30-18-9-7-10-19-30,31-20-11-8-12-21-31)45-36(38-27-29-17-15-16-23-37(29)46-38)26-25-33-32(34(41)28-35(33)42)22-13-5-6-14-24-39(43)44-4/h5,7-13,15-21,23,25-27,32-34,36,41H,6,14,22,24,28H2,1-4H3/b13-5-,26-25+/t32-,33-,34+,36-/m1/s1. The van der Waals surface area contributed by atoms with Gasteiger partial charge in [0, 0.05) is 34.3 Å². The molecule has 0 saturated heterocycles. The van der Waals surface area contributed by atoms with Gasteiger partial charge in [0.2, 0.25) is 0 Å². The molecule has 1 aliphatic rings. The number of unbranched alkanes of at least 4 members (excludes halogenated alkanes) is 1. The van der Waals surface area contributed by atoms with Crippen LogP contribution in [-0.4, -0.2) is 38.4 Å². The van der Waals surface area contributed by atoms with Crippen LogP contribution >= 0.6 is 11.3 Å². The number of Topliss-reactive ketones (excluding diaryl/α,β-unsaturated/α-hetero) is 1. The van der Waals surface area contributed by atoms with E-state index >= 15 is 0 Å². The minimum absolute atomic E-state index is 0.0541.